The average molecular weight is 397 g/mol. The van der Waals surface area contributed by atoms with Crippen LogP contribution in [0.1, 0.15) is 21.8 Å². The predicted octanol–water partition coefficient (Wildman–Crippen LogP) is 5.01. The van der Waals surface area contributed by atoms with Crippen LogP contribution >= 0.6 is 0 Å². The lowest BCUT2D eigenvalue weighted by Crippen LogP contribution is -2.34. The van der Waals surface area contributed by atoms with E-state index < -0.39 is 41.5 Å². The summed E-state index contributed by atoms with van der Waals surface area (Å²) in [6.45, 7) is 0. The zero-order valence-corrected chi connectivity index (χ0v) is 13.4. The molecule has 1 aromatic carbocycles. The number of hydrogen-bond acceptors (Lipinski definition) is 4. The molecule has 0 radical (unpaired) electrons. The third-order valence-corrected chi connectivity index (χ3v) is 3.31. The molecule has 0 bridgehead atoms. The Balaban J connectivity index is 2.24. The summed E-state index contributed by atoms with van der Waals surface area (Å²) >= 11 is 0. The largest absolute Gasteiger partial charge is 0.465 e. The van der Waals surface area contributed by atoms with Crippen molar-refractivity contribution < 1.29 is 45.0 Å². The van der Waals surface area contributed by atoms with Crippen molar-refractivity contribution in [2.24, 2.45) is 0 Å². The Hall–Kier alpha value is -2.85. The topological polar surface area (TPSA) is 48.4 Å². The number of ether oxygens (including phenoxy) is 2. The first-order valence-electron chi connectivity index (χ1n) is 7.08. The van der Waals surface area contributed by atoms with E-state index in [1.165, 1.54) is 0 Å². The number of aromatic nitrogens is 1. The molecule has 1 heterocycles. The molecule has 0 saturated heterocycles. The number of methoxy groups -OCH3 is 1. The Kier molecular flexibility index (Phi) is 5.62. The molecule has 0 spiro atoms. The standard InChI is InChI=1S/C16H10F7NO3/c1-26-14(25)9-6-11(17)13(24-7-9)27-10-4-2-8(3-5-10)12(15(18,19)20)16(21,22)23/h2-7,12H,1H3. The quantitative estimate of drug-likeness (QED) is 0.538. The Morgan fingerprint density at radius 2 is 1.59 bits per heavy atom. The van der Waals surface area contributed by atoms with E-state index in [4.69, 9.17) is 4.74 Å². The monoisotopic (exact) mass is 397 g/mol. The zero-order chi connectivity index (χ0) is 20.4. The van der Waals surface area contributed by atoms with E-state index in [0.29, 0.717) is 12.1 Å². The highest BCUT2D eigenvalue weighted by Crippen LogP contribution is 2.46. The molecule has 1 aromatic heterocycles. The molecule has 4 nitrogen and oxygen atoms in total. The summed E-state index contributed by atoms with van der Waals surface area (Å²) in [5, 5.41) is 0. The van der Waals surface area contributed by atoms with Crippen molar-refractivity contribution in [1.29, 1.82) is 0 Å². The zero-order valence-electron chi connectivity index (χ0n) is 13.4. The van der Waals surface area contributed by atoms with Gasteiger partial charge in [-0.2, -0.15) is 26.3 Å². The first-order valence-corrected chi connectivity index (χ1v) is 7.08. The molecule has 146 valence electrons. The van der Waals surface area contributed by atoms with E-state index >= 15 is 0 Å². The first-order chi connectivity index (χ1) is 12.4. The van der Waals surface area contributed by atoms with Crippen LogP contribution in [0.15, 0.2) is 36.5 Å². The van der Waals surface area contributed by atoms with Gasteiger partial charge < -0.3 is 9.47 Å². The van der Waals surface area contributed by atoms with Crippen molar-refractivity contribution in [1.82, 2.24) is 4.98 Å². The number of halogens is 7. The summed E-state index contributed by atoms with van der Waals surface area (Å²) in [5.41, 5.74) is -1.26. The van der Waals surface area contributed by atoms with E-state index in [1.54, 1.807) is 0 Å². The van der Waals surface area contributed by atoms with Crippen LogP contribution in [-0.2, 0) is 4.74 Å². The molecule has 0 amide bonds. The Morgan fingerprint density at radius 1 is 1.04 bits per heavy atom. The lowest BCUT2D eigenvalue weighted by molar-refractivity contribution is -0.253. The summed E-state index contributed by atoms with van der Waals surface area (Å²) in [4.78, 5) is 14.8. The van der Waals surface area contributed by atoms with Crippen LogP contribution in [-0.4, -0.2) is 30.4 Å². The maximum Gasteiger partial charge on any atom is 0.404 e. The molecular weight excluding hydrogens is 387 g/mol. The number of benzene rings is 1. The molecule has 2 aromatic rings. The first kappa shape index (κ1) is 20.5. The summed E-state index contributed by atoms with van der Waals surface area (Å²) in [7, 11) is 1.07. The minimum absolute atomic E-state index is 0.212. The van der Waals surface area contributed by atoms with Gasteiger partial charge in [0.1, 0.15) is 5.75 Å². The van der Waals surface area contributed by atoms with Gasteiger partial charge in [-0.25, -0.2) is 14.2 Å². The fourth-order valence-corrected chi connectivity index (χ4v) is 2.13. The molecule has 11 heteroatoms. The number of rotatable bonds is 4. The molecule has 0 unspecified atom stereocenters. The number of esters is 1. The van der Waals surface area contributed by atoms with E-state index in [2.05, 4.69) is 9.72 Å². The highest BCUT2D eigenvalue weighted by molar-refractivity contribution is 5.88. The molecular formula is C16H10F7NO3. The predicted molar refractivity (Wildman–Crippen MR) is 76.9 cm³/mol. The molecule has 0 aliphatic carbocycles. The van der Waals surface area contributed by atoms with Gasteiger partial charge in [0.15, 0.2) is 11.7 Å². The van der Waals surface area contributed by atoms with Crippen molar-refractivity contribution in [3.8, 4) is 11.6 Å². The molecule has 0 N–H and O–H groups in total. The molecule has 0 fully saturated rings. The smallest absolute Gasteiger partial charge is 0.404 e. The highest BCUT2D eigenvalue weighted by atomic mass is 19.4. The van der Waals surface area contributed by atoms with Gasteiger partial charge in [-0.1, -0.05) is 12.1 Å². The van der Waals surface area contributed by atoms with Crippen molar-refractivity contribution in [3.05, 3.63) is 53.5 Å². The van der Waals surface area contributed by atoms with Crippen LogP contribution in [0.5, 0.6) is 11.6 Å². The minimum atomic E-state index is -5.53. The summed E-state index contributed by atoms with van der Waals surface area (Å²) in [6.07, 6.45) is -10.1. The number of alkyl halides is 6. The van der Waals surface area contributed by atoms with Crippen LogP contribution in [0, 0.1) is 5.82 Å². The van der Waals surface area contributed by atoms with E-state index in [1.807, 2.05) is 0 Å². The number of hydrogen-bond donors (Lipinski definition) is 0. The third-order valence-electron chi connectivity index (χ3n) is 3.31. The van der Waals surface area contributed by atoms with Gasteiger partial charge in [0.25, 0.3) is 5.88 Å². The van der Waals surface area contributed by atoms with Gasteiger partial charge in [-0.3, -0.25) is 0 Å². The van der Waals surface area contributed by atoms with Crippen LogP contribution < -0.4 is 4.74 Å². The Morgan fingerprint density at radius 3 is 2.04 bits per heavy atom. The average Bonchev–Trinajstić information content (AvgIpc) is 2.55. The second kappa shape index (κ2) is 7.41. The minimum Gasteiger partial charge on any atom is -0.465 e. The lowest BCUT2D eigenvalue weighted by atomic mass is 9.98. The van der Waals surface area contributed by atoms with Crippen LogP contribution in [0.2, 0.25) is 0 Å². The van der Waals surface area contributed by atoms with Crippen LogP contribution in [0.3, 0.4) is 0 Å². The van der Waals surface area contributed by atoms with Gasteiger partial charge in [0.2, 0.25) is 0 Å². The fourth-order valence-electron chi connectivity index (χ4n) is 2.13. The number of pyridine rings is 1. The Bertz CT molecular complexity index is 802. The van der Waals surface area contributed by atoms with Crippen LogP contribution in [0.4, 0.5) is 30.7 Å². The van der Waals surface area contributed by atoms with Gasteiger partial charge in [0.05, 0.1) is 12.7 Å². The van der Waals surface area contributed by atoms with Gasteiger partial charge in [-0.05, 0) is 23.8 Å². The van der Waals surface area contributed by atoms with E-state index in [0.717, 1.165) is 31.5 Å². The number of carbonyl (C=O) groups excluding carboxylic acids is 1. The van der Waals surface area contributed by atoms with E-state index in [-0.39, 0.29) is 11.3 Å². The Labute approximate surface area is 147 Å². The second-order valence-electron chi connectivity index (χ2n) is 5.19. The molecule has 0 aliphatic rings. The summed E-state index contributed by atoms with van der Waals surface area (Å²) < 4.78 is 99.3. The second-order valence-corrected chi connectivity index (χ2v) is 5.19. The third kappa shape index (κ3) is 4.86. The van der Waals surface area contributed by atoms with Crippen molar-refractivity contribution in [2.45, 2.75) is 18.3 Å². The van der Waals surface area contributed by atoms with E-state index in [9.17, 15) is 35.5 Å². The highest BCUT2D eigenvalue weighted by Gasteiger charge is 2.57. The number of nitrogens with zero attached hydrogens (tertiary/aromatic N) is 1. The lowest BCUT2D eigenvalue weighted by Gasteiger charge is -2.23. The van der Waals surface area contributed by atoms with Gasteiger partial charge in [-0.15, -0.1) is 0 Å². The van der Waals surface area contributed by atoms with Crippen LogP contribution in [0.25, 0.3) is 0 Å². The van der Waals surface area contributed by atoms with Gasteiger partial charge in [0, 0.05) is 6.20 Å². The summed E-state index contributed by atoms with van der Waals surface area (Å²) in [6, 6.07) is 3.53. The molecule has 0 saturated carbocycles. The maximum absolute atomic E-state index is 13.9. The van der Waals surface area contributed by atoms with Crippen molar-refractivity contribution >= 4 is 5.97 Å². The molecule has 0 aliphatic heterocycles. The number of carbonyl (C=O) groups is 1. The summed E-state index contributed by atoms with van der Waals surface area (Å²) in [5.74, 6) is -6.47. The molecule has 0 atom stereocenters. The van der Waals surface area contributed by atoms with Crippen molar-refractivity contribution in [3.63, 3.8) is 0 Å². The van der Waals surface area contributed by atoms with Gasteiger partial charge >= 0.3 is 18.3 Å². The molecule has 27 heavy (non-hydrogen) atoms. The fraction of sp³-hybridized carbons (Fsp3) is 0.250. The van der Waals surface area contributed by atoms with Crippen molar-refractivity contribution in [2.75, 3.05) is 7.11 Å². The molecule has 2 rings (SSSR count). The SMILES string of the molecule is COC(=O)c1cnc(Oc2ccc(C(C(F)(F)F)C(F)(F)F)cc2)c(F)c1. The normalized spacial score (nSPS) is 12.2. The maximum atomic E-state index is 13.9.